The molecule has 1 aliphatic heterocycles. The van der Waals surface area contributed by atoms with Crippen molar-refractivity contribution in [2.24, 2.45) is 11.5 Å². The number of rotatable bonds is 0. The Hall–Kier alpha value is -0.120. The summed E-state index contributed by atoms with van der Waals surface area (Å²) >= 11 is 0. The third-order valence-electron chi connectivity index (χ3n) is 2.60. The first-order chi connectivity index (χ1) is 4.06. The SMILES string of the molecule is CN1CC2(N)CC2(N)C1. The molecular weight excluding hydrogens is 114 g/mol. The molecule has 3 heteroatoms. The summed E-state index contributed by atoms with van der Waals surface area (Å²) in [6, 6.07) is 0. The van der Waals surface area contributed by atoms with Gasteiger partial charge in [-0.2, -0.15) is 0 Å². The molecule has 1 saturated heterocycles. The molecule has 2 unspecified atom stereocenters. The van der Waals surface area contributed by atoms with Crippen molar-refractivity contribution in [2.45, 2.75) is 17.5 Å². The van der Waals surface area contributed by atoms with Crippen molar-refractivity contribution < 1.29 is 0 Å². The molecule has 0 bridgehead atoms. The smallest absolute Gasteiger partial charge is 0.0497 e. The second-order valence-corrected chi connectivity index (χ2v) is 3.66. The maximum Gasteiger partial charge on any atom is 0.0497 e. The number of nitrogens with zero attached hydrogens (tertiary/aromatic N) is 1. The van der Waals surface area contributed by atoms with Crippen LogP contribution in [0.25, 0.3) is 0 Å². The van der Waals surface area contributed by atoms with E-state index in [0.717, 1.165) is 19.5 Å². The number of fused-ring (bicyclic) bond motifs is 1. The second kappa shape index (κ2) is 1.17. The summed E-state index contributed by atoms with van der Waals surface area (Å²) in [4.78, 5) is 2.20. The van der Waals surface area contributed by atoms with E-state index < -0.39 is 0 Å². The Labute approximate surface area is 55.0 Å². The van der Waals surface area contributed by atoms with E-state index >= 15 is 0 Å². The van der Waals surface area contributed by atoms with Gasteiger partial charge >= 0.3 is 0 Å². The molecule has 0 amide bonds. The fourth-order valence-corrected chi connectivity index (χ4v) is 1.96. The van der Waals surface area contributed by atoms with Crippen molar-refractivity contribution in [3.63, 3.8) is 0 Å². The van der Waals surface area contributed by atoms with Crippen LogP contribution in [0.3, 0.4) is 0 Å². The minimum Gasteiger partial charge on any atom is -0.322 e. The zero-order chi connectivity index (χ0) is 6.70. The van der Waals surface area contributed by atoms with Gasteiger partial charge in [0.05, 0.1) is 0 Å². The average molecular weight is 127 g/mol. The Morgan fingerprint density at radius 3 is 1.89 bits per heavy atom. The maximum atomic E-state index is 5.91. The number of piperidine rings is 1. The second-order valence-electron chi connectivity index (χ2n) is 3.66. The zero-order valence-electron chi connectivity index (χ0n) is 5.72. The standard InChI is InChI=1S/C6H13N3/c1-9-3-5(7)2-6(5,8)4-9/h2-4,7-8H2,1H3. The van der Waals surface area contributed by atoms with E-state index in [1.165, 1.54) is 0 Å². The molecule has 1 aliphatic carbocycles. The molecule has 9 heavy (non-hydrogen) atoms. The highest BCUT2D eigenvalue weighted by molar-refractivity contribution is 5.31. The highest BCUT2D eigenvalue weighted by atomic mass is 15.3. The quantitative estimate of drug-likeness (QED) is 0.426. The Morgan fingerprint density at radius 1 is 1.22 bits per heavy atom. The van der Waals surface area contributed by atoms with Crippen LogP contribution in [-0.4, -0.2) is 36.1 Å². The lowest BCUT2D eigenvalue weighted by atomic mass is 10.2. The third-order valence-corrected chi connectivity index (χ3v) is 2.60. The molecular formula is C6H13N3. The fraction of sp³-hybridized carbons (Fsp3) is 1.00. The van der Waals surface area contributed by atoms with E-state index in [0.29, 0.717) is 0 Å². The van der Waals surface area contributed by atoms with E-state index in [4.69, 9.17) is 11.5 Å². The molecule has 2 atom stereocenters. The highest BCUT2D eigenvalue weighted by Crippen LogP contribution is 2.48. The summed E-state index contributed by atoms with van der Waals surface area (Å²) in [7, 11) is 2.06. The molecule has 52 valence electrons. The molecule has 0 radical (unpaired) electrons. The number of nitrogens with two attached hydrogens (primary N) is 2. The minimum atomic E-state index is -0.0260. The van der Waals surface area contributed by atoms with Crippen LogP contribution in [0.2, 0.25) is 0 Å². The fourth-order valence-electron chi connectivity index (χ4n) is 1.96. The molecule has 0 aromatic rings. The minimum absolute atomic E-state index is 0.0260. The van der Waals surface area contributed by atoms with Gasteiger partial charge in [-0.05, 0) is 13.5 Å². The van der Waals surface area contributed by atoms with Gasteiger partial charge in [-0.3, -0.25) is 0 Å². The van der Waals surface area contributed by atoms with Crippen molar-refractivity contribution in [2.75, 3.05) is 20.1 Å². The molecule has 0 aromatic heterocycles. The predicted molar refractivity (Wildman–Crippen MR) is 36.0 cm³/mol. The summed E-state index contributed by atoms with van der Waals surface area (Å²) in [5, 5.41) is 0. The van der Waals surface area contributed by atoms with Gasteiger partial charge in [-0.15, -0.1) is 0 Å². The van der Waals surface area contributed by atoms with Crippen molar-refractivity contribution >= 4 is 0 Å². The normalized spacial score (nSPS) is 57.7. The van der Waals surface area contributed by atoms with Crippen molar-refractivity contribution in [3.8, 4) is 0 Å². The molecule has 0 spiro atoms. The third kappa shape index (κ3) is 0.520. The monoisotopic (exact) mass is 127 g/mol. The molecule has 3 nitrogen and oxygen atoms in total. The van der Waals surface area contributed by atoms with Gasteiger partial charge < -0.3 is 16.4 Å². The Kier molecular flexibility index (Phi) is 0.732. The van der Waals surface area contributed by atoms with E-state index in [1.807, 2.05) is 0 Å². The van der Waals surface area contributed by atoms with Crippen LogP contribution in [0, 0.1) is 0 Å². The first-order valence-electron chi connectivity index (χ1n) is 3.32. The number of likely N-dealkylation sites (tertiary alicyclic amines) is 1. The summed E-state index contributed by atoms with van der Waals surface area (Å²) in [6.07, 6.45) is 1.02. The van der Waals surface area contributed by atoms with Gasteiger partial charge in [-0.25, -0.2) is 0 Å². The maximum absolute atomic E-state index is 5.91. The van der Waals surface area contributed by atoms with Gasteiger partial charge in [0.25, 0.3) is 0 Å². The van der Waals surface area contributed by atoms with Gasteiger partial charge in [-0.1, -0.05) is 0 Å². The van der Waals surface area contributed by atoms with Crippen LogP contribution in [0.5, 0.6) is 0 Å². The molecule has 2 rings (SSSR count). The molecule has 1 saturated carbocycles. The summed E-state index contributed by atoms with van der Waals surface area (Å²) in [5.41, 5.74) is 11.8. The van der Waals surface area contributed by atoms with E-state index in [2.05, 4.69) is 11.9 Å². The highest BCUT2D eigenvalue weighted by Gasteiger charge is 2.67. The Balaban J connectivity index is 2.20. The van der Waals surface area contributed by atoms with Crippen LogP contribution in [0.4, 0.5) is 0 Å². The summed E-state index contributed by atoms with van der Waals surface area (Å²) in [6.45, 7) is 1.95. The molecule has 1 heterocycles. The van der Waals surface area contributed by atoms with Crippen molar-refractivity contribution in [1.82, 2.24) is 4.90 Å². The number of hydrogen-bond acceptors (Lipinski definition) is 3. The lowest BCUT2D eigenvalue weighted by Crippen LogP contribution is -2.39. The van der Waals surface area contributed by atoms with E-state index in [1.54, 1.807) is 0 Å². The molecule has 2 aliphatic rings. The van der Waals surface area contributed by atoms with Crippen LogP contribution in [0.1, 0.15) is 6.42 Å². The average Bonchev–Trinajstić information content (AvgIpc) is 1.97. The van der Waals surface area contributed by atoms with E-state index in [9.17, 15) is 0 Å². The number of likely N-dealkylation sites (N-methyl/N-ethyl adjacent to an activating group) is 1. The van der Waals surface area contributed by atoms with Crippen LogP contribution in [-0.2, 0) is 0 Å². The number of hydrogen-bond donors (Lipinski definition) is 2. The van der Waals surface area contributed by atoms with Gasteiger partial charge in [0.2, 0.25) is 0 Å². The topological polar surface area (TPSA) is 55.3 Å². The first kappa shape index (κ1) is 5.65. The Bertz CT molecular complexity index is 142. The van der Waals surface area contributed by atoms with Crippen molar-refractivity contribution in [1.29, 1.82) is 0 Å². The lowest BCUT2D eigenvalue weighted by Gasteiger charge is -2.10. The lowest BCUT2D eigenvalue weighted by molar-refractivity contribution is 0.357. The van der Waals surface area contributed by atoms with Gasteiger partial charge in [0.15, 0.2) is 0 Å². The van der Waals surface area contributed by atoms with Gasteiger partial charge in [0.1, 0.15) is 0 Å². The first-order valence-corrected chi connectivity index (χ1v) is 3.32. The predicted octanol–water partition coefficient (Wildman–Crippen LogP) is -1.27. The summed E-state index contributed by atoms with van der Waals surface area (Å²) < 4.78 is 0. The molecule has 2 fully saturated rings. The Morgan fingerprint density at radius 2 is 1.67 bits per heavy atom. The summed E-state index contributed by atoms with van der Waals surface area (Å²) in [5.74, 6) is 0. The van der Waals surface area contributed by atoms with Gasteiger partial charge in [0, 0.05) is 24.2 Å². The zero-order valence-corrected chi connectivity index (χ0v) is 5.72. The van der Waals surface area contributed by atoms with Crippen LogP contribution >= 0.6 is 0 Å². The van der Waals surface area contributed by atoms with Crippen LogP contribution < -0.4 is 11.5 Å². The molecule has 4 N–H and O–H groups in total. The van der Waals surface area contributed by atoms with E-state index in [-0.39, 0.29) is 11.1 Å². The van der Waals surface area contributed by atoms with Crippen molar-refractivity contribution in [3.05, 3.63) is 0 Å². The molecule has 0 aromatic carbocycles. The largest absolute Gasteiger partial charge is 0.322 e. The van der Waals surface area contributed by atoms with Crippen LogP contribution in [0.15, 0.2) is 0 Å².